The van der Waals surface area contributed by atoms with E-state index in [-0.39, 0.29) is 6.04 Å². The fourth-order valence-corrected chi connectivity index (χ4v) is 2.41. The normalized spacial score (nSPS) is 12.6. The first-order valence-electron chi connectivity index (χ1n) is 6.73. The van der Waals surface area contributed by atoms with E-state index in [4.69, 9.17) is 16.0 Å². The molecule has 0 aliphatic rings. The Hall–Kier alpha value is -1.25. The van der Waals surface area contributed by atoms with Gasteiger partial charge in [0, 0.05) is 5.02 Å². The van der Waals surface area contributed by atoms with Gasteiger partial charge in [-0.1, -0.05) is 36.7 Å². The van der Waals surface area contributed by atoms with Gasteiger partial charge in [-0.05, 0) is 49.6 Å². The van der Waals surface area contributed by atoms with E-state index < -0.39 is 0 Å². The maximum absolute atomic E-state index is 6.25. The third-order valence-corrected chi connectivity index (χ3v) is 3.61. The highest BCUT2D eigenvalue weighted by Crippen LogP contribution is 2.26. The number of aryl methyl sites for hydroxylation is 1. The molecule has 19 heavy (non-hydrogen) atoms. The Morgan fingerprint density at radius 3 is 2.68 bits per heavy atom. The summed E-state index contributed by atoms with van der Waals surface area (Å²) in [6.45, 7) is 5.20. The lowest BCUT2D eigenvalue weighted by atomic mass is 10.0. The molecule has 102 valence electrons. The van der Waals surface area contributed by atoms with Crippen molar-refractivity contribution in [2.75, 3.05) is 6.54 Å². The Bertz CT molecular complexity index is 521. The molecule has 0 radical (unpaired) electrons. The van der Waals surface area contributed by atoms with Crippen LogP contribution >= 0.6 is 11.6 Å². The van der Waals surface area contributed by atoms with Crippen LogP contribution in [0.15, 0.2) is 41.0 Å². The van der Waals surface area contributed by atoms with Gasteiger partial charge in [0.15, 0.2) is 0 Å². The van der Waals surface area contributed by atoms with Gasteiger partial charge in [-0.15, -0.1) is 0 Å². The van der Waals surface area contributed by atoms with Crippen molar-refractivity contribution in [1.29, 1.82) is 0 Å². The summed E-state index contributed by atoms with van der Waals surface area (Å²) in [5.41, 5.74) is 2.33. The molecule has 2 nitrogen and oxygen atoms in total. The molecular formula is C16H20ClNO. The van der Waals surface area contributed by atoms with Crippen molar-refractivity contribution in [3.63, 3.8) is 0 Å². The van der Waals surface area contributed by atoms with Gasteiger partial charge in [0.05, 0.1) is 12.3 Å². The zero-order chi connectivity index (χ0) is 13.7. The molecule has 0 aliphatic carbocycles. The van der Waals surface area contributed by atoms with Crippen molar-refractivity contribution in [2.45, 2.75) is 32.7 Å². The molecule has 1 aromatic carbocycles. The van der Waals surface area contributed by atoms with E-state index in [1.165, 1.54) is 5.56 Å². The zero-order valence-electron chi connectivity index (χ0n) is 11.4. The average molecular weight is 278 g/mol. The number of nitrogens with one attached hydrogen (secondary N) is 1. The highest BCUT2D eigenvalue weighted by atomic mass is 35.5. The SMILES string of the molecule is CCCNC(Cc1ccccc1Cl)c1occc1C. The fraction of sp³-hybridized carbons (Fsp3) is 0.375. The van der Waals surface area contributed by atoms with Crippen LogP contribution in [0.2, 0.25) is 5.02 Å². The lowest BCUT2D eigenvalue weighted by Crippen LogP contribution is -2.24. The molecule has 0 aliphatic heterocycles. The van der Waals surface area contributed by atoms with Crippen LogP contribution in [0.25, 0.3) is 0 Å². The number of hydrogen-bond acceptors (Lipinski definition) is 2. The van der Waals surface area contributed by atoms with Gasteiger partial charge in [-0.3, -0.25) is 0 Å². The summed E-state index contributed by atoms with van der Waals surface area (Å²) in [7, 11) is 0. The van der Waals surface area contributed by atoms with Gasteiger partial charge in [0.1, 0.15) is 5.76 Å². The topological polar surface area (TPSA) is 25.2 Å². The summed E-state index contributed by atoms with van der Waals surface area (Å²) >= 11 is 6.25. The number of benzene rings is 1. The summed E-state index contributed by atoms with van der Waals surface area (Å²) < 4.78 is 5.63. The largest absolute Gasteiger partial charge is 0.467 e. The van der Waals surface area contributed by atoms with E-state index in [1.54, 1.807) is 6.26 Å². The zero-order valence-corrected chi connectivity index (χ0v) is 12.2. The smallest absolute Gasteiger partial charge is 0.123 e. The predicted molar refractivity (Wildman–Crippen MR) is 79.6 cm³/mol. The van der Waals surface area contributed by atoms with Crippen molar-refractivity contribution >= 4 is 11.6 Å². The fourth-order valence-electron chi connectivity index (χ4n) is 2.20. The van der Waals surface area contributed by atoms with Crippen LogP contribution in [0.4, 0.5) is 0 Å². The molecule has 2 rings (SSSR count). The molecule has 0 saturated carbocycles. The first-order chi connectivity index (χ1) is 9.22. The van der Waals surface area contributed by atoms with Crippen LogP contribution in [0.1, 0.15) is 36.3 Å². The van der Waals surface area contributed by atoms with Crippen LogP contribution in [-0.4, -0.2) is 6.54 Å². The second kappa shape index (κ2) is 6.78. The van der Waals surface area contributed by atoms with Gasteiger partial charge in [-0.2, -0.15) is 0 Å². The first-order valence-corrected chi connectivity index (χ1v) is 7.11. The Labute approximate surface area is 119 Å². The standard InChI is InChI=1S/C16H20ClNO/c1-3-9-18-15(16-12(2)8-10-19-16)11-13-6-4-5-7-14(13)17/h4-8,10,15,18H,3,9,11H2,1-2H3. The Kier molecular flexibility index (Phi) is 5.06. The van der Waals surface area contributed by atoms with Gasteiger partial charge in [-0.25, -0.2) is 0 Å². The van der Waals surface area contributed by atoms with Gasteiger partial charge >= 0.3 is 0 Å². The minimum atomic E-state index is 0.176. The third kappa shape index (κ3) is 3.62. The van der Waals surface area contributed by atoms with Crippen molar-refractivity contribution in [1.82, 2.24) is 5.32 Å². The van der Waals surface area contributed by atoms with Gasteiger partial charge in [0.2, 0.25) is 0 Å². The van der Waals surface area contributed by atoms with E-state index in [1.807, 2.05) is 24.3 Å². The molecule has 0 fully saturated rings. The van der Waals surface area contributed by atoms with Crippen LogP contribution < -0.4 is 5.32 Å². The number of halogens is 1. The van der Waals surface area contributed by atoms with Crippen LogP contribution in [-0.2, 0) is 6.42 Å². The lowest BCUT2D eigenvalue weighted by Gasteiger charge is -2.18. The number of furan rings is 1. The minimum Gasteiger partial charge on any atom is -0.467 e. The molecule has 1 N–H and O–H groups in total. The van der Waals surface area contributed by atoms with Gasteiger partial charge < -0.3 is 9.73 Å². The quantitative estimate of drug-likeness (QED) is 0.839. The predicted octanol–water partition coefficient (Wildman–Crippen LogP) is 4.52. The minimum absolute atomic E-state index is 0.176. The van der Waals surface area contributed by atoms with Crippen molar-refractivity contribution in [3.05, 3.63) is 58.5 Å². The van der Waals surface area contributed by atoms with E-state index in [0.717, 1.165) is 35.7 Å². The molecule has 1 atom stereocenters. The average Bonchev–Trinajstić information content (AvgIpc) is 2.83. The highest BCUT2D eigenvalue weighted by molar-refractivity contribution is 6.31. The van der Waals surface area contributed by atoms with Crippen molar-refractivity contribution in [2.24, 2.45) is 0 Å². The van der Waals surface area contributed by atoms with E-state index in [2.05, 4.69) is 25.2 Å². The highest BCUT2D eigenvalue weighted by Gasteiger charge is 2.18. The molecule has 0 spiro atoms. The molecule has 0 amide bonds. The summed E-state index contributed by atoms with van der Waals surface area (Å²) in [6, 6.07) is 10.2. The van der Waals surface area contributed by atoms with Gasteiger partial charge in [0.25, 0.3) is 0 Å². The molecule has 1 heterocycles. The maximum Gasteiger partial charge on any atom is 0.123 e. The second-order valence-electron chi connectivity index (χ2n) is 4.77. The summed E-state index contributed by atoms with van der Waals surface area (Å²) in [6.07, 6.45) is 3.69. The second-order valence-corrected chi connectivity index (χ2v) is 5.18. The third-order valence-electron chi connectivity index (χ3n) is 3.24. The Balaban J connectivity index is 2.19. The molecular weight excluding hydrogens is 258 g/mol. The van der Waals surface area contributed by atoms with Crippen LogP contribution in [0.3, 0.4) is 0 Å². The lowest BCUT2D eigenvalue weighted by molar-refractivity contribution is 0.408. The molecule has 0 bridgehead atoms. The summed E-state index contributed by atoms with van der Waals surface area (Å²) in [5.74, 6) is 1.01. The summed E-state index contributed by atoms with van der Waals surface area (Å²) in [5, 5.41) is 4.35. The molecule has 0 saturated heterocycles. The molecule has 1 aromatic heterocycles. The number of hydrogen-bond donors (Lipinski definition) is 1. The molecule has 1 unspecified atom stereocenters. The van der Waals surface area contributed by atoms with E-state index in [0.29, 0.717) is 0 Å². The van der Waals surface area contributed by atoms with Crippen LogP contribution in [0, 0.1) is 6.92 Å². The Morgan fingerprint density at radius 2 is 2.05 bits per heavy atom. The van der Waals surface area contributed by atoms with Crippen molar-refractivity contribution in [3.8, 4) is 0 Å². The first kappa shape index (κ1) is 14.2. The maximum atomic E-state index is 6.25. The summed E-state index contributed by atoms with van der Waals surface area (Å²) in [4.78, 5) is 0. The van der Waals surface area contributed by atoms with Crippen molar-refractivity contribution < 1.29 is 4.42 Å². The molecule has 3 heteroatoms. The van der Waals surface area contributed by atoms with Crippen LogP contribution in [0.5, 0.6) is 0 Å². The Morgan fingerprint density at radius 1 is 1.26 bits per heavy atom. The van der Waals surface area contributed by atoms with E-state index in [9.17, 15) is 0 Å². The van der Waals surface area contributed by atoms with E-state index >= 15 is 0 Å². The number of rotatable bonds is 6. The monoisotopic (exact) mass is 277 g/mol. The molecule has 2 aromatic rings.